The largest absolute Gasteiger partial charge is 0.490 e. The SMILES string of the molecule is Cc1ccc(C(=O)NC(C)C)cc1-c1nc(NCCN2CCCC2)nc2c1CNC(=O)N2c1c(F)cccc1F.O=C(O)C(F)(F)F. The molecular weight excluding hydrogens is 629 g/mol. The molecule has 0 unspecified atom stereocenters. The van der Waals surface area contributed by atoms with E-state index in [0.29, 0.717) is 28.9 Å². The van der Waals surface area contributed by atoms with Crippen LogP contribution in [0.25, 0.3) is 11.3 Å². The molecule has 0 bridgehead atoms. The Labute approximate surface area is 267 Å². The van der Waals surface area contributed by atoms with Gasteiger partial charge in [-0.1, -0.05) is 12.1 Å². The number of aromatic nitrogens is 2. The fraction of sp³-hybridized carbons (Fsp3) is 0.387. The number of likely N-dealkylation sites (tertiary alicyclic amines) is 1. The van der Waals surface area contributed by atoms with E-state index in [1.807, 2.05) is 26.8 Å². The quantitative estimate of drug-likeness (QED) is 0.236. The molecule has 2 aliphatic heterocycles. The van der Waals surface area contributed by atoms with E-state index in [2.05, 4.69) is 25.8 Å². The molecule has 3 heterocycles. The molecule has 4 N–H and O–H groups in total. The third kappa shape index (κ3) is 8.49. The number of amides is 3. The third-order valence-corrected chi connectivity index (χ3v) is 7.30. The van der Waals surface area contributed by atoms with Gasteiger partial charge < -0.3 is 26.0 Å². The Morgan fingerprint density at radius 2 is 1.70 bits per heavy atom. The van der Waals surface area contributed by atoms with Crippen molar-refractivity contribution in [2.24, 2.45) is 0 Å². The van der Waals surface area contributed by atoms with Gasteiger partial charge in [-0.2, -0.15) is 18.2 Å². The number of carboxylic acids is 1. The van der Waals surface area contributed by atoms with Crippen LogP contribution in [0.2, 0.25) is 0 Å². The molecule has 47 heavy (non-hydrogen) atoms. The number of hydrogen-bond acceptors (Lipinski definition) is 7. The molecule has 1 aromatic heterocycles. The third-order valence-electron chi connectivity index (χ3n) is 7.30. The van der Waals surface area contributed by atoms with Crippen LogP contribution in [-0.2, 0) is 11.3 Å². The maximum Gasteiger partial charge on any atom is 0.490 e. The zero-order valence-electron chi connectivity index (χ0n) is 25.8. The molecular formula is C31H34F5N7O4. The standard InChI is InChI=1S/C29H33F2N7O2.C2HF3O2/c1-17(2)34-27(39)19-10-9-18(3)20(15-19)24-21-16-33-29(40)38(25-22(30)7-6-8-23(25)31)26(21)36-28(35-24)32-11-14-37-12-4-5-13-37;3-2(4,5)1(6)7/h6-10,15,17H,4-5,11-14,16H2,1-3H3,(H,33,40)(H,34,39)(H,32,35,36);(H,6,7). The van der Waals surface area contributed by atoms with E-state index in [9.17, 15) is 31.5 Å². The number of rotatable bonds is 8. The molecule has 252 valence electrons. The smallest absolute Gasteiger partial charge is 0.475 e. The Kier molecular flexibility index (Phi) is 11.0. The van der Waals surface area contributed by atoms with Crippen molar-refractivity contribution < 1.29 is 41.4 Å². The molecule has 0 atom stereocenters. The summed E-state index contributed by atoms with van der Waals surface area (Å²) in [4.78, 5) is 47.4. The van der Waals surface area contributed by atoms with Gasteiger partial charge >= 0.3 is 18.2 Å². The topological polar surface area (TPSA) is 140 Å². The van der Waals surface area contributed by atoms with Crippen LogP contribution in [0.5, 0.6) is 0 Å². The van der Waals surface area contributed by atoms with Gasteiger partial charge in [-0.05, 0) is 76.5 Å². The molecule has 16 heteroatoms. The lowest BCUT2D eigenvalue weighted by Crippen LogP contribution is -2.43. The van der Waals surface area contributed by atoms with Gasteiger partial charge in [0.1, 0.15) is 17.3 Å². The lowest BCUT2D eigenvalue weighted by atomic mass is 9.97. The minimum absolute atomic E-state index is 0.0464. The second-order valence-electron chi connectivity index (χ2n) is 11.2. The van der Waals surface area contributed by atoms with Gasteiger partial charge in [0.15, 0.2) is 5.82 Å². The van der Waals surface area contributed by atoms with E-state index < -0.39 is 35.5 Å². The van der Waals surface area contributed by atoms with Crippen molar-refractivity contribution in [3.05, 3.63) is 64.7 Å². The predicted molar refractivity (Wildman–Crippen MR) is 163 cm³/mol. The fourth-order valence-corrected chi connectivity index (χ4v) is 5.07. The van der Waals surface area contributed by atoms with Crippen LogP contribution in [0.4, 0.5) is 44.2 Å². The number of alkyl halides is 3. The lowest BCUT2D eigenvalue weighted by Gasteiger charge is -2.31. The molecule has 2 aromatic carbocycles. The van der Waals surface area contributed by atoms with Crippen molar-refractivity contribution in [1.82, 2.24) is 25.5 Å². The number of nitrogens with zero attached hydrogens (tertiary/aromatic N) is 4. The maximum absolute atomic E-state index is 14.9. The molecule has 3 aromatic rings. The van der Waals surface area contributed by atoms with Crippen molar-refractivity contribution in [1.29, 1.82) is 0 Å². The summed E-state index contributed by atoms with van der Waals surface area (Å²) in [7, 11) is 0. The summed E-state index contributed by atoms with van der Waals surface area (Å²) < 4.78 is 61.6. The maximum atomic E-state index is 14.9. The fourth-order valence-electron chi connectivity index (χ4n) is 5.07. The summed E-state index contributed by atoms with van der Waals surface area (Å²) in [5.74, 6) is -4.47. The van der Waals surface area contributed by atoms with E-state index in [1.165, 1.54) is 6.07 Å². The molecule has 0 saturated carbocycles. The van der Waals surface area contributed by atoms with Gasteiger partial charge in [0.05, 0.1) is 12.2 Å². The van der Waals surface area contributed by atoms with Gasteiger partial charge in [0.25, 0.3) is 5.91 Å². The highest BCUT2D eigenvalue weighted by Gasteiger charge is 2.38. The molecule has 1 saturated heterocycles. The van der Waals surface area contributed by atoms with Crippen LogP contribution < -0.4 is 20.9 Å². The molecule has 0 aliphatic carbocycles. The number of halogens is 5. The first-order valence-corrected chi connectivity index (χ1v) is 14.8. The second-order valence-corrected chi connectivity index (χ2v) is 11.2. The highest BCUT2D eigenvalue weighted by atomic mass is 19.4. The number of anilines is 3. The second kappa shape index (κ2) is 14.7. The Balaban J connectivity index is 0.000000644. The molecule has 0 radical (unpaired) electrons. The number of carbonyl (C=O) groups excluding carboxylic acids is 2. The number of benzene rings is 2. The zero-order valence-corrected chi connectivity index (χ0v) is 25.8. The molecule has 0 spiro atoms. The van der Waals surface area contributed by atoms with Gasteiger partial charge in [0.2, 0.25) is 5.95 Å². The Morgan fingerprint density at radius 1 is 1.06 bits per heavy atom. The van der Waals surface area contributed by atoms with Gasteiger partial charge in [0, 0.05) is 35.8 Å². The summed E-state index contributed by atoms with van der Waals surface area (Å²) in [6.07, 6.45) is -2.75. The number of aliphatic carboxylic acids is 1. The highest BCUT2D eigenvalue weighted by Crippen LogP contribution is 2.39. The number of para-hydroxylation sites is 1. The summed E-state index contributed by atoms with van der Waals surface area (Å²) in [5.41, 5.74) is 2.37. The van der Waals surface area contributed by atoms with Crippen LogP contribution >= 0.6 is 0 Å². The molecule has 5 rings (SSSR count). The summed E-state index contributed by atoms with van der Waals surface area (Å²) >= 11 is 0. The minimum atomic E-state index is -5.08. The molecule has 11 nitrogen and oxygen atoms in total. The van der Waals surface area contributed by atoms with Gasteiger partial charge in [-0.3, -0.25) is 4.79 Å². The molecule has 2 aliphatic rings. The number of carboxylic acid groups (broad SMARTS) is 1. The average Bonchev–Trinajstić information content (AvgIpc) is 3.51. The Bertz CT molecular complexity index is 1620. The molecule has 3 amide bonds. The van der Waals surface area contributed by atoms with Crippen LogP contribution in [0.1, 0.15) is 48.2 Å². The number of hydrogen-bond donors (Lipinski definition) is 4. The van der Waals surface area contributed by atoms with Crippen molar-refractivity contribution in [3.63, 3.8) is 0 Å². The van der Waals surface area contributed by atoms with Crippen molar-refractivity contribution in [3.8, 4) is 11.3 Å². The van der Waals surface area contributed by atoms with E-state index in [4.69, 9.17) is 14.9 Å². The van der Waals surface area contributed by atoms with Crippen molar-refractivity contribution in [2.75, 3.05) is 36.4 Å². The minimum Gasteiger partial charge on any atom is -0.475 e. The van der Waals surface area contributed by atoms with Gasteiger partial charge in [-0.15, -0.1) is 0 Å². The normalized spacial score (nSPS) is 14.7. The number of urea groups is 1. The van der Waals surface area contributed by atoms with Crippen LogP contribution in [0.15, 0.2) is 36.4 Å². The van der Waals surface area contributed by atoms with Crippen LogP contribution in [0, 0.1) is 18.6 Å². The monoisotopic (exact) mass is 663 g/mol. The summed E-state index contributed by atoms with van der Waals surface area (Å²) in [5, 5.41) is 16.0. The van der Waals surface area contributed by atoms with Gasteiger partial charge in [-0.25, -0.2) is 28.3 Å². The summed E-state index contributed by atoms with van der Waals surface area (Å²) in [6, 6.07) is 7.99. The van der Waals surface area contributed by atoms with E-state index >= 15 is 0 Å². The average molecular weight is 664 g/mol. The van der Waals surface area contributed by atoms with E-state index in [0.717, 1.165) is 55.1 Å². The van der Waals surface area contributed by atoms with Crippen molar-refractivity contribution in [2.45, 2.75) is 52.4 Å². The first kappa shape index (κ1) is 35.0. The number of fused-ring (bicyclic) bond motifs is 1. The van der Waals surface area contributed by atoms with E-state index in [-0.39, 0.29) is 30.3 Å². The number of carbonyl (C=O) groups is 3. The first-order valence-electron chi connectivity index (χ1n) is 14.8. The Hall–Kier alpha value is -4.86. The van der Waals surface area contributed by atoms with Crippen molar-refractivity contribution >= 4 is 35.4 Å². The van der Waals surface area contributed by atoms with Crippen LogP contribution in [0.3, 0.4) is 0 Å². The predicted octanol–water partition coefficient (Wildman–Crippen LogP) is 5.37. The number of nitrogens with one attached hydrogen (secondary N) is 3. The first-order chi connectivity index (χ1) is 22.2. The number of aryl methyl sites for hydroxylation is 1. The van der Waals surface area contributed by atoms with Crippen LogP contribution in [-0.4, -0.2) is 76.3 Å². The Morgan fingerprint density at radius 3 is 2.30 bits per heavy atom. The zero-order chi connectivity index (χ0) is 34.5. The lowest BCUT2D eigenvalue weighted by molar-refractivity contribution is -0.192. The molecule has 1 fully saturated rings. The summed E-state index contributed by atoms with van der Waals surface area (Å²) in [6.45, 7) is 9.10. The van der Waals surface area contributed by atoms with E-state index in [1.54, 1.807) is 12.1 Å². The highest BCUT2D eigenvalue weighted by molar-refractivity contribution is 6.02.